The van der Waals surface area contributed by atoms with Crippen LogP contribution >= 0.6 is 0 Å². The van der Waals surface area contributed by atoms with Crippen molar-refractivity contribution >= 4 is 17.0 Å². The summed E-state index contributed by atoms with van der Waals surface area (Å²) >= 11 is 0. The van der Waals surface area contributed by atoms with Crippen molar-refractivity contribution in [2.24, 2.45) is 0 Å². The van der Waals surface area contributed by atoms with E-state index in [0.29, 0.717) is 6.61 Å². The first kappa shape index (κ1) is 12.2. The number of hydrogen-bond donors (Lipinski definition) is 1. The Labute approximate surface area is 110 Å². The monoisotopic (exact) mass is 260 g/mol. The standard InChI is InChI=1S/C14H16N2O3/c1-14(5-2-6-19-8-14)16-9-15-11-4-3-10(13(17)18)7-12(11)16/h3-4,7,9H,2,5-6,8H2,1H3,(H,17,18). The van der Waals surface area contributed by atoms with Crippen LogP contribution in [0.1, 0.15) is 30.1 Å². The van der Waals surface area contributed by atoms with Gasteiger partial charge >= 0.3 is 5.97 Å². The molecular formula is C14H16N2O3. The van der Waals surface area contributed by atoms with Gasteiger partial charge in [0.2, 0.25) is 0 Å². The zero-order valence-electron chi connectivity index (χ0n) is 10.8. The molecule has 0 radical (unpaired) electrons. The molecule has 1 saturated heterocycles. The Morgan fingerprint density at radius 1 is 1.53 bits per heavy atom. The lowest BCUT2D eigenvalue weighted by molar-refractivity contribution is 0.0114. The molecule has 1 unspecified atom stereocenters. The quantitative estimate of drug-likeness (QED) is 0.899. The average Bonchev–Trinajstić information content (AvgIpc) is 2.83. The van der Waals surface area contributed by atoms with E-state index < -0.39 is 5.97 Å². The zero-order valence-corrected chi connectivity index (χ0v) is 10.8. The highest BCUT2D eigenvalue weighted by Crippen LogP contribution is 2.30. The lowest BCUT2D eigenvalue weighted by Gasteiger charge is -2.35. The third-order valence-corrected chi connectivity index (χ3v) is 3.79. The minimum atomic E-state index is -0.917. The van der Waals surface area contributed by atoms with Crippen LogP contribution in [0.3, 0.4) is 0 Å². The van der Waals surface area contributed by atoms with Crippen LogP contribution in [0.15, 0.2) is 24.5 Å². The van der Waals surface area contributed by atoms with Crippen LogP contribution in [0.4, 0.5) is 0 Å². The molecule has 2 heterocycles. The van der Waals surface area contributed by atoms with Crippen molar-refractivity contribution in [3.05, 3.63) is 30.1 Å². The van der Waals surface area contributed by atoms with Crippen LogP contribution in [0, 0.1) is 0 Å². The van der Waals surface area contributed by atoms with Gasteiger partial charge in [0.05, 0.1) is 35.1 Å². The van der Waals surface area contributed by atoms with Gasteiger partial charge in [-0.15, -0.1) is 0 Å². The fourth-order valence-electron chi connectivity index (χ4n) is 2.68. The molecule has 5 nitrogen and oxygen atoms in total. The van der Waals surface area contributed by atoms with Crippen LogP contribution in [0.5, 0.6) is 0 Å². The first-order valence-electron chi connectivity index (χ1n) is 6.39. The summed E-state index contributed by atoms with van der Waals surface area (Å²) in [5.41, 5.74) is 1.81. The van der Waals surface area contributed by atoms with E-state index in [1.54, 1.807) is 24.5 Å². The second kappa shape index (κ2) is 4.35. The van der Waals surface area contributed by atoms with Crippen LogP contribution in [0.25, 0.3) is 11.0 Å². The van der Waals surface area contributed by atoms with E-state index in [4.69, 9.17) is 9.84 Å². The summed E-state index contributed by atoms with van der Waals surface area (Å²) in [6.45, 7) is 3.55. The molecule has 0 saturated carbocycles. The summed E-state index contributed by atoms with van der Waals surface area (Å²) < 4.78 is 7.62. The summed E-state index contributed by atoms with van der Waals surface area (Å²) in [4.78, 5) is 15.4. The smallest absolute Gasteiger partial charge is 0.335 e. The highest BCUT2D eigenvalue weighted by atomic mass is 16.5. The minimum Gasteiger partial charge on any atom is -0.478 e. The van der Waals surface area contributed by atoms with Gasteiger partial charge in [-0.3, -0.25) is 0 Å². The van der Waals surface area contributed by atoms with Crippen molar-refractivity contribution in [3.63, 3.8) is 0 Å². The number of benzene rings is 1. The second-order valence-electron chi connectivity index (χ2n) is 5.28. The van der Waals surface area contributed by atoms with E-state index in [2.05, 4.69) is 11.9 Å². The number of fused-ring (bicyclic) bond motifs is 1. The van der Waals surface area contributed by atoms with Crippen molar-refractivity contribution in [2.75, 3.05) is 13.2 Å². The van der Waals surface area contributed by atoms with E-state index in [1.165, 1.54) is 0 Å². The molecule has 0 amide bonds. The maximum Gasteiger partial charge on any atom is 0.335 e. The predicted octanol–water partition coefficient (Wildman–Crippen LogP) is 2.26. The maximum absolute atomic E-state index is 11.1. The number of ether oxygens (including phenoxy) is 1. The van der Waals surface area contributed by atoms with Crippen molar-refractivity contribution in [1.29, 1.82) is 0 Å². The van der Waals surface area contributed by atoms with Gasteiger partial charge in [0.1, 0.15) is 0 Å². The van der Waals surface area contributed by atoms with Gasteiger partial charge in [0.25, 0.3) is 0 Å². The summed E-state index contributed by atoms with van der Waals surface area (Å²) in [5, 5.41) is 9.09. The number of carboxylic acid groups (broad SMARTS) is 1. The van der Waals surface area contributed by atoms with Crippen molar-refractivity contribution in [3.8, 4) is 0 Å². The third-order valence-electron chi connectivity index (χ3n) is 3.79. The highest BCUT2D eigenvalue weighted by Gasteiger charge is 2.30. The van der Waals surface area contributed by atoms with E-state index in [9.17, 15) is 4.79 Å². The Hall–Kier alpha value is -1.88. The number of aromatic carboxylic acids is 1. The molecule has 1 aliphatic rings. The summed E-state index contributed by atoms with van der Waals surface area (Å²) in [6.07, 6.45) is 3.80. The topological polar surface area (TPSA) is 64.4 Å². The van der Waals surface area contributed by atoms with Gasteiger partial charge in [-0.05, 0) is 38.0 Å². The lowest BCUT2D eigenvalue weighted by Crippen LogP contribution is -2.38. The number of carboxylic acids is 1. The Morgan fingerprint density at radius 2 is 2.37 bits per heavy atom. The molecule has 0 bridgehead atoms. The molecule has 100 valence electrons. The number of aromatic nitrogens is 2. The van der Waals surface area contributed by atoms with E-state index in [0.717, 1.165) is 30.5 Å². The molecule has 1 atom stereocenters. The molecule has 1 aromatic carbocycles. The molecule has 19 heavy (non-hydrogen) atoms. The number of carbonyl (C=O) groups is 1. The third kappa shape index (κ3) is 2.00. The minimum absolute atomic E-state index is 0.149. The second-order valence-corrected chi connectivity index (χ2v) is 5.28. The van der Waals surface area contributed by atoms with Crippen LogP contribution in [0.2, 0.25) is 0 Å². The normalized spacial score (nSPS) is 23.6. The van der Waals surface area contributed by atoms with Gasteiger partial charge in [-0.2, -0.15) is 0 Å². The van der Waals surface area contributed by atoms with Crippen LogP contribution in [-0.2, 0) is 10.3 Å². The molecule has 1 N–H and O–H groups in total. The Morgan fingerprint density at radius 3 is 3.05 bits per heavy atom. The van der Waals surface area contributed by atoms with Gasteiger partial charge < -0.3 is 14.4 Å². The van der Waals surface area contributed by atoms with E-state index >= 15 is 0 Å². The molecule has 2 aromatic rings. The number of nitrogens with zero attached hydrogens (tertiary/aromatic N) is 2. The highest BCUT2D eigenvalue weighted by molar-refractivity contribution is 5.92. The fraction of sp³-hybridized carbons (Fsp3) is 0.429. The molecule has 0 aliphatic carbocycles. The fourth-order valence-corrected chi connectivity index (χ4v) is 2.68. The van der Waals surface area contributed by atoms with E-state index in [-0.39, 0.29) is 11.1 Å². The molecule has 5 heteroatoms. The first-order valence-corrected chi connectivity index (χ1v) is 6.39. The van der Waals surface area contributed by atoms with Crippen molar-refractivity contribution in [1.82, 2.24) is 9.55 Å². The molecular weight excluding hydrogens is 244 g/mol. The van der Waals surface area contributed by atoms with Gasteiger partial charge in [0.15, 0.2) is 0 Å². The molecule has 1 aliphatic heterocycles. The molecule has 1 aromatic heterocycles. The Bertz CT molecular complexity index is 627. The van der Waals surface area contributed by atoms with Gasteiger partial charge in [-0.25, -0.2) is 9.78 Å². The molecule has 0 spiro atoms. The van der Waals surface area contributed by atoms with Gasteiger partial charge in [0, 0.05) is 6.61 Å². The summed E-state index contributed by atoms with van der Waals surface area (Å²) in [6, 6.07) is 5.02. The van der Waals surface area contributed by atoms with Crippen molar-refractivity contribution < 1.29 is 14.6 Å². The number of hydrogen-bond acceptors (Lipinski definition) is 3. The zero-order chi connectivity index (χ0) is 13.5. The van der Waals surface area contributed by atoms with Crippen LogP contribution in [-0.4, -0.2) is 33.8 Å². The molecule has 1 fully saturated rings. The summed E-state index contributed by atoms with van der Waals surface area (Å²) in [7, 11) is 0. The largest absolute Gasteiger partial charge is 0.478 e. The predicted molar refractivity (Wildman–Crippen MR) is 70.4 cm³/mol. The average molecular weight is 260 g/mol. The van der Waals surface area contributed by atoms with Crippen molar-refractivity contribution in [2.45, 2.75) is 25.3 Å². The van der Waals surface area contributed by atoms with E-state index in [1.807, 2.05) is 4.57 Å². The number of imidazole rings is 1. The SMILES string of the molecule is CC1(n2cnc3ccc(C(=O)O)cc32)CCCOC1. The molecule has 3 rings (SSSR count). The maximum atomic E-state index is 11.1. The lowest BCUT2D eigenvalue weighted by atomic mass is 9.94. The van der Waals surface area contributed by atoms with Gasteiger partial charge in [-0.1, -0.05) is 0 Å². The Kier molecular flexibility index (Phi) is 2.78. The number of rotatable bonds is 2. The summed E-state index contributed by atoms with van der Waals surface area (Å²) in [5.74, 6) is -0.917. The Balaban J connectivity index is 2.12. The first-order chi connectivity index (χ1) is 9.10. The van der Waals surface area contributed by atoms with Crippen LogP contribution < -0.4 is 0 Å².